The summed E-state index contributed by atoms with van der Waals surface area (Å²) in [5, 5.41) is 0. The van der Waals surface area contributed by atoms with Gasteiger partial charge in [0.2, 0.25) is 5.91 Å². The number of nitrogens with zero attached hydrogens (tertiary/aromatic N) is 3. The predicted octanol–water partition coefficient (Wildman–Crippen LogP) is 1.69. The molecular weight excluding hydrogens is 288 g/mol. The van der Waals surface area contributed by atoms with Crippen LogP contribution in [0.15, 0.2) is 18.3 Å². The highest BCUT2D eigenvalue weighted by Gasteiger charge is 2.36. The number of aryl methyl sites for hydroxylation is 1. The fourth-order valence-corrected chi connectivity index (χ4v) is 4.21. The van der Waals surface area contributed by atoms with E-state index in [9.17, 15) is 4.79 Å². The number of pyridine rings is 1. The highest BCUT2D eigenvalue weighted by atomic mass is 16.1. The number of rotatable bonds is 4. The molecule has 0 aliphatic carbocycles. The number of hydrogen-bond acceptors (Lipinski definition) is 4. The van der Waals surface area contributed by atoms with E-state index in [1.165, 1.54) is 36.9 Å². The van der Waals surface area contributed by atoms with Crippen molar-refractivity contribution in [2.45, 2.75) is 57.7 Å². The van der Waals surface area contributed by atoms with Crippen molar-refractivity contribution < 1.29 is 4.79 Å². The van der Waals surface area contributed by atoms with Gasteiger partial charge in [0.05, 0.1) is 12.2 Å². The SMILES string of the molecule is Cc1cccnc1CN1CCC[C@@H]2[C@H]1CCCCN2CC(N)=O. The lowest BCUT2D eigenvalue weighted by Crippen LogP contribution is -2.55. The van der Waals surface area contributed by atoms with Gasteiger partial charge < -0.3 is 5.73 Å². The molecule has 2 N–H and O–H groups in total. The van der Waals surface area contributed by atoms with E-state index >= 15 is 0 Å². The zero-order valence-electron chi connectivity index (χ0n) is 14.1. The van der Waals surface area contributed by atoms with Crippen molar-refractivity contribution in [1.82, 2.24) is 14.8 Å². The van der Waals surface area contributed by atoms with E-state index in [0.29, 0.717) is 18.6 Å². The number of fused-ring (bicyclic) bond motifs is 1. The molecule has 2 aliphatic rings. The van der Waals surface area contributed by atoms with Crippen LogP contribution < -0.4 is 5.73 Å². The first-order valence-electron chi connectivity index (χ1n) is 8.82. The monoisotopic (exact) mass is 316 g/mol. The van der Waals surface area contributed by atoms with Crippen LogP contribution in [-0.2, 0) is 11.3 Å². The van der Waals surface area contributed by atoms with Gasteiger partial charge in [0.1, 0.15) is 0 Å². The van der Waals surface area contributed by atoms with Gasteiger partial charge in [0, 0.05) is 24.8 Å². The van der Waals surface area contributed by atoms with Gasteiger partial charge >= 0.3 is 0 Å². The molecule has 1 amide bonds. The Bertz CT molecular complexity index is 548. The van der Waals surface area contributed by atoms with E-state index in [1.807, 2.05) is 12.3 Å². The Hall–Kier alpha value is -1.46. The second kappa shape index (κ2) is 7.41. The van der Waals surface area contributed by atoms with Gasteiger partial charge in [0.25, 0.3) is 0 Å². The van der Waals surface area contributed by atoms with Crippen LogP contribution in [0, 0.1) is 6.92 Å². The molecule has 2 saturated heterocycles. The van der Waals surface area contributed by atoms with Crippen LogP contribution in [0.2, 0.25) is 0 Å². The Balaban J connectivity index is 1.76. The minimum absolute atomic E-state index is 0.205. The normalized spacial score (nSPS) is 26.5. The summed E-state index contributed by atoms with van der Waals surface area (Å²) in [6.07, 6.45) is 7.85. The molecule has 0 unspecified atom stereocenters. The van der Waals surface area contributed by atoms with Crippen LogP contribution in [0.1, 0.15) is 43.4 Å². The third kappa shape index (κ3) is 3.90. The summed E-state index contributed by atoms with van der Waals surface area (Å²) >= 11 is 0. The minimum atomic E-state index is -0.205. The summed E-state index contributed by atoms with van der Waals surface area (Å²) in [7, 11) is 0. The Morgan fingerprint density at radius 2 is 1.96 bits per heavy atom. The maximum absolute atomic E-state index is 11.4. The third-order valence-electron chi connectivity index (χ3n) is 5.35. The number of primary amides is 1. The van der Waals surface area contributed by atoms with Crippen molar-refractivity contribution >= 4 is 5.91 Å². The average molecular weight is 316 g/mol. The lowest BCUT2D eigenvalue weighted by molar-refractivity contribution is -0.120. The molecule has 3 rings (SSSR count). The molecule has 2 fully saturated rings. The summed E-state index contributed by atoms with van der Waals surface area (Å²) in [5.74, 6) is -0.205. The van der Waals surface area contributed by atoms with Gasteiger partial charge in [-0.15, -0.1) is 0 Å². The van der Waals surface area contributed by atoms with E-state index in [0.717, 1.165) is 26.1 Å². The number of hydrogen-bond donors (Lipinski definition) is 1. The Kier molecular flexibility index (Phi) is 5.28. The summed E-state index contributed by atoms with van der Waals surface area (Å²) in [5.41, 5.74) is 7.91. The van der Waals surface area contributed by atoms with E-state index in [4.69, 9.17) is 5.73 Å². The number of aromatic nitrogens is 1. The lowest BCUT2D eigenvalue weighted by atomic mass is 9.92. The second-order valence-electron chi connectivity index (χ2n) is 6.95. The summed E-state index contributed by atoms with van der Waals surface area (Å²) in [6, 6.07) is 5.11. The molecule has 1 aromatic rings. The number of carbonyl (C=O) groups is 1. The molecule has 0 spiro atoms. The maximum Gasteiger partial charge on any atom is 0.231 e. The van der Waals surface area contributed by atoms with Gasteiger partial charge in [-0.25, -0.2) is 0 Å². The molecule has 126 valence electrons. The number of nitrogens with two attached hydrogens (primary N) is 1. The quantitative estimate of drug-likeness (QED) is 0.918. The van der Waals surface area contributed by atoms with Crippen molar-refractivity contribution in [1.29, 1.82) is 0 Å². The molecule has 0 aromatic carbocycles. The largest absolute Gasteiger partial charge is 0.369 e. The zero-order valence-corrected chi connectivity index (χ0v) is 14.1. The average Bonchev–Trinajstić information content (AvgIpc) is 2.72. The Morgan fingerprint density at radius 1 is 1.22 bits per heavy atom. The molecule has 23 heavy (non-hydrogen) atoms. The first-order valence-corrected chi connectivity index (χ1v) is 8.82. The van der Waals surface area contributed by atoms with E-state index in [1.54, 1.807) is 0 Å². The van der Waals surface area contributed by atoms with Crippen molar-refractivity contribution in [3.63, 3.8) is 0 Å². The number of amides is 1. The topological polar surface area (TPSA) is 62.5 Å². The molecule has 2 atom stereocenters. The fraction of sp³-hybridized carbons (Fsp3) is 0.667. The van der Waals surface area contributed by atoms with E-state index < -0.39 is 0 Å². The van der Waals surface area contributed by atoms with Gasteiger partial charge in [-0.1, -0.05) is 12.5 Å². The highest BCUT2D eigenvalue weighted by molar-refractivity contribution is 5.76. The van der Waals surface area contributed by atoms with Crippen LogP contribution >= 0.6 is 0 Å². The number of likely N-dealkylation sites (tertiary alicyclic amines) is 2. The molecule has 1 aromatic heterocycles. The number of carbonyl (C=O) groups excluding carboxylic acids is 1. The summed E-state index contributed by atoms with van der Waals surface area (Å²) in [4.78, 5) is 20.9. The van der Waals surface area contributed by atoms with Gasteiger partial charge in [-0.3, -0.25) is 19.6 Å². The smallest absolute Gasteiger partial charge is 0.231 e. The molecule has 0 bridgehead atoms. The van der Waals surface area contributed by atoms with Crippen LogP contribution in [-0.4, -0.2) is 52.4 Å². The Morgan fingerprint density at radius 3 is 2.74 bits per heavy atom. The van der Waals surface area contributed by atoms with Gasteiger partial charge in [-0.2, -0.15) is 0 Å². The van der Waals surface area contributed by atoms with Crippen molar-refractivity contribution in [3.8, 4) is 0 Å². The third-order valence-corrected chi connectivity index (χ3v) is 5.35. The van der Waals surface area contributed by atoms with Crippen LogP contribution in [0.5, 0.6) is 0 Å². The fourth-order valence-electron chi connectivity index (χ4n) is 4.21. The molecule has 5 nitrogen and oxygen atoms in total. The second-order valence-corrected chi connectivity index (χ2v) is 6.95. The highest BCUT2D eigenvalue weighted by Crippen LogP contribution is 2.30. The minimum Gasteiger partial charge on any atom is -0.369 e. The molecular formula is C18H28N4O. The van der Waals surface area contributed by atoms with E-state index in [-0.39, 0.29) is 5.91 Å². The zero-order chi connectivity index (χ0) is 16.2. The van der Waals surface area contributed by atoms with Gasteiger partial charge in [-0.05, 0) is 57.3 Å². The molecule has 2 aliphatic heterocycles. The predicted molar refractivity (Wildman–Crippen MR) is 90.8 cm³/mol. The lowest BCUT2D eigenvalue weighted by Gasteiger charge is -2.44. The van der Waals surface area contributed by atoms with E-state index in [2.05, 4.69) is 27.8 Å². The summed E-state index contributed by atoms with van der Waals surface area (Å²) in [6.45, 7) is 5.58. The molecule has 0 saturated carbocycles. The van der Waals surface area contributed by atoms with Crippen molar-refractivity contribution in [2.24, 2.45) is 5.73 Å². The Labute approximate surface area is 138 Å². The molecule has 5 heteroatoms. The van der Waals surface area contributed by atoms with Crippen molar-refractivity contribution in [2.75, 3.05) is 19.6 Å². The van der Waals surface area contributed by atoms with Gasteiger partial charge in [0.15, 0.2) is 0 Å². The van der Waals surface area contributed by atoms with Crippen LogP contribution in [0.3, 0.4) is 0 Å². The molecule has 0 radical (unpaired) electrons. The first kappa shape index (κ1) is 16.4. The van der Waals surface area contributed by atoms with Crippen LogP contribution in [0.25, 0.3) is 0 Å². The standard InChI is InChI=1S/C18H28N4O/c1-14-6-4-9-20-15(14)12-21-11-5-8-17-16(21)7-2-3-10-22(17)13-18(19)23/h4,6,9,16-17H,2-3,5,7-8,10-13H2,1H3,(H2,19,23)/t16-,17-/m1/s1. The number of piperidine rings is 1. The van der Waals surface area contributed by atoms with Crippen LogP contribution in [0.4, 0.5) is 0 Å². The molecule has 3 heterocycles. The van der Waals surface area contributed by atoms with Crippen molar-refractivity contribution in [3.05, 3.63) is 29.6 Å². The first-order chi connectivity index (χ1) is 11.1. The summed E-state index contributed by atoms with van der Waals surface area (Å²) < 4.78 is 0. The maximum atomic E-state index is 11.4.